The Morgan fingerprint density at radius 3 is 3.04 bits per heavy atom. The summed E-state index contributed by atoms with van der Waals surface area (Å²) in [5.74, 6) is 2.11. The average Bonchev–Trinajstić information content (AvgIpc) is 3.10. The van der Waals surface area contributed by atoms with Gasteiger partial charge in [-0.25, -0.2) is 0 Å². The lowest BCUT2D eigenvalue weighted by molar-refractivity contribution is -0.0381. The molecule has 1 fully saturated rings. The van der Waals surface area contributed by atoms with Crippen molar-refractivity contribution in [3.63, 3.8) is 0 Å². The SMILES string of the molecule is CCc1nnc([C@@H](C)N2CCO[C@@H](CNc3cccnn3)C2)o1. The molecule has 3 heterocycles. The smallest absolute Gasteiger partial charge is 0.233 e. The molecule has 0 aromatic carbocycles. The van der Waals surface area contributed by atoms with Gasteiger partial charge in [-0.1, -0.05) is 6.92 Å². The van der Waals surface area contributed by atoms with Crippen LogP contribution in [0.15, 0.2) is 22.7 Å². The number of anilines is 1. The fraction of sp³-hybridized carbons (Fsp3) is 0.600. The minimum Gasteiger partial charge on any atom is -0.424 e. The predicted octanol–water partition coefficient (Wildman–Crippen LogP) is 1.30. The molecule has 2 aromatic heterocycles. The Kier molecular flexibility index (Phi) is 5.14. The van der Waals surface area contributed by atoms with Crippen molar-refractivity contribution in [2.24, 2.45) is 0 Å². The molecule has 0 radical (unpaired) electrons. The third kappa shape index (κ3) is 4.02. The molecule has 1 aliphatic heterocycles. The van der Waals surface area contributed by atoms with Gasteiger partial charge in [0.15, 0.2) is 0 Å². The van der Waals surface area contributed by atoms with E-state index in [9.17, 15) is 0 Å². The maximum Gasteiger partial charge on any atom is 0.233 e. The van der Waals surface area contributed by atoms with Gasteiger partial charge in [0.05, 0.1) is 18.8 Å². The predicted molar refractivity (Wildman–Crippen MR) is 83.9 cm³/mol. The maximum atomic E-state index is 5.82. The van der Waals surface area contributed by atoms with Crippen LogP contribution in [0, 0.1) is 0 Å². The minimum absolute atomic E-state index is 0.0850. The van der Waals surface area contributed by atoms with Gasteiger partial charge in [-0.05, 0) is 19.1 Å². The summed E-state index contributed by atoms with van der Waals surface area (Å²) in [7, 11) is 0. The van der Waals surface area contributed by atoms with Crippen molar-refractivity contribution in [2.75, 3.05) is 31.6 Å². The van der Waals surface area contributed by atoms with Crippen LogP contribution in [0.1, 0.15) is 31.7 Å². The molecule has 8 nitrogen and oxygen atoms in total. The Labute approximate surface area is 135 Å². The second-order valence-electron chi connectivity index (χ2n) is 5.54. The van der Waals surface area contributed by atoms with E-state index in [-0.39, 0.29) is 12.1 Å². The molecule has 1 N–H and O–H groups in total. The van der Waals surface area contributed by atoms with E-state index in [0.29, 0.717) is 24.9 Å². The van der Waals surface area contributed by atoms with Gasteiger partial charge < -0.3 is 14.5 Å². The summed E-state index contributed by atoms with van der Waals surface area (Å²) in [5.41, 5.74) is 0. The van der Waals surface area contributed by atoms with Crippen LogP contribution in [-0.2, 0) is 11.2 Å². The first-order valence-corrected chi connectivity index (χ1v) is 7.95. The molecular weight excluding hydrogens is 296 g/mol. The number of nitrogens with zero attached hydrogens (tertiary/aromatic N) is 5. The molecule has 0 saturated carbocycles. The van der Waals surface area contributed by atoms with Crippen molar-refractivity contribution in [1.82, 2.24) is 25.3 Å². The molecule has 1 aliphatic rings. The molecule has 23 heavy (non-hydrogen) atoms. The van der Waals surface area contributed by atoms with Gasteiger partial charge in [0.1, 0.15) is 5.82 Å². The van der Waals surface area contributed by atoms with Crippen LogP contribution in [-0.4, -0.2) is 57.6 Å². The zero-order chi connectivity index (χ0) is 16.1. The van der Waals surface area contributed by atoms with Gasteiger partial charge in [0.2, 0.25) is 11.8 Å². The van der Waals surface area contributed by atoms with E-state index in [2.05, 4.69) is 37.5 Å². The molecule has 0 amide bonds. The van der Waals surface area contributed by atoms with Crippen molar-refractivity contribution in [1.29, 1.82) is 0 Å². The van der Waals surface area contributed by atoms with Crippen LogP contribution >= 0.6 is 0 Å². The highest BCUT2D eigenvalue weighted by Crippen LogP contribution is 2.21. The molecule has 2 atom stereocenters. The zero-order valence-corrected chi connectivity index (χ0v) is 13.5. The average molecular weight is 318 g/mol. The largest absolute Gasteiger partial charge is 0.424 e. The first-order chi connectivity index (χ1) is 11.3. The Morgan fingerprint density at radius 2 is 2.30 bits per heavy atom. The van der Waals surface area contributed by atoms with E-state index in [1.165, 1.54) is 0 Å². The van der Waals surface area contributed by atoms with Crippen molar-refractivity contribution in [3.8, 4) is 0 Å². The highest BCUT2D eigenvalue weighted by molar-refractivity contribution is 5.31. The molecule has 0 bridgehead atoms. The topological polar surface area (TPSA) is 89.2 Å². The number of ether oxygens (including phenoxy) is 1. The third-order valence-corrected chi connectivity index (χ3v) is 3.94. The molecule has 124 valence electrons. The first kappa shape index (κ1) is 15.8. The van der Waals surface area contributed by atoms with E-state index >= 15 is 0 Å². The Bertz CT molecular complexity index is 605. The summed E-state index contributed by atoms with van der Waals surface area (Å²) < 4.78 is 11.5. The van der Waals surface area contributed by atoms with E-state index in [0.717, 1.165) is 25.3 Å². The summed E-state index contributed by atoms with van der Waals surface area (Å²) in [6.07, 6.45) is 2.50. The molecule has 3 rings (SSSR count). The minimum atomic E-state index is 0.0850. The summed E-state index contributed by atoms with van der Waals surface area (Å²) in [4.78, 5) is 2.31. The molecule has 0 aliphatic carbocycles. The van der Waals surface area contributed by atoms with Gasteiger partial charge >= 0.3 is 0 Å². The van der Waals surface area contributed by atoms with Crippen molar-refractivity contribution in [2.45, 2.75) is 32.4 Å². The van der Waals surface area contributed by atoms with Crippen molar-refractivity contribution < 1.29 is 9.15 Å². The van der Waals surface area contributed by atoms with Gasteiger partial charge in [0.25, 0.3) is 0 Å². The molecule has 2 aromatic rings. The number of aryl methyl sites for hydroxylation is 1. The highest BCUT2D eigenvalue weighted by atomic mass is 16.5. The summed E-state index contributed by atoms with van der Waals surface area (Å²) in [6.45, 7) is 7.12. The second kappa shape index (κ2) is 7.47. The van der Waals surface area contributed by atoms with Crippen molar-refractivity contribution >= 4 is 5.82 Å². The number of hydrogen-bond donors (Lipinski definition) is 1. The third-order valence-electron chi connectivity index (χ3n) is 3.94. The maximum absolute atomic E-state index is 5.82. The van der Waals surface area contributed by atoms with Crippen LogP contribution in [0.4, 0.5) is 5.82 Å². The lowest BCUT2D eigenvalue weighted by Gasteiger charge is -2.35. The first-order valence-electron chi connectivity index (χ1n) is 7.95. The number of hydrogen-bond acceptors (Lipinski definition) is 8. The summed E-state index contributed by atoms with van der Waals surface area (Å²) >= 11 is 0. The summed E-state index contributed by atoms with van der Waals surface area (Å²) in [5, 5.41) is 19.3. The molecule has 0 spiro atoms. The van der Waals surface area contributed by atoms with Crippen LogP contribution in [0.2, 0.25) is 0 Å². The van der Waals surface area contributed by atoms with E-state index in [1.54, 1.807) is 6.20 Å². The number of nitrogens with one attached hydrogen (secondary N) is 1. The van der Waals surface area contributed by atoms with Gasteiger partial charge in [-0.2, -0.15) is 5.10 Å². The van der Waals surface area contributed by atoms with Gasteiger partial charge in [0, 0.05) is 32.3 Å². The molecule has 8 heteroatoms. The Balaban J connectivity index is 1.55. The molecule has 0 unspecified atom stereocenters. The second-order valence-corrected chi connectivity index (χ2v) is 5.54. The van der Waals surface area contributed by atoms with Crippen molar-refractivity contribution in [3.05, 3.63) is 30.1 Å². The highest BCUT2D eigenvalue weighted by Gasteiger charge is 2.27. The molecule has 1 saturated heterocycles. The molecular formula is C15H22N6O2. The lowest BCUT2D eigenvalue weighted by Crippen LogP contribution is -2.46. The number of morpholine rings is 1. The van der Waals surface area contributed by atoms with Gasteiger partial charge in [-0.15, -0.1) is 15.3 Å². The van der Waals surface area contributed by atoms with Crippen LogP contribution in [0.3, 0.4) is 0 Å². The quantitative estimate of drug-likeness (QED) is 0.852. The van der Waals surface area contributed by atoms with Crippen LogP contribution in [0.5, 0.6) is 0 Å². The van der Waals surface area contributed by atoms with Crippen LogP contribution in [0.25, 0.3) is 0 Å². The number of rotatable bonds is 6. The van der Waals surface area contributed by atoms with E-state index in [1.807, 2.05) is 19.1 Å². The number of aromatic nitrogens is 4. The fourth-order valence-corrected chi connectivity index (χ4v) is 2.57. The van der Waals surface area contributed by atoms with Gasteiger partial charge in [-0.3, -0.25) is 4.90 Å². The Hall–Kier alpha value is -2.06. The summed E-state index contributed by atoms with van der Waals surface area (Å²) in [6, 6.07) is 3.83. The lowest BCUT2D eigenvalue weighted by atomic mass is 10.2. The standard InChI is InChI=1S/C15H22N6O2/c1-3-14-19-20-15(23-14)11(2)21-7-8-22-12(10-21)9-16-13-5-4-6-17-18-13/h4-6,11-12H,3,7-10H2,1-2H3,(H,16,18)/t11-,12+/m1/s1. The Morgan fingerprint density at radius 1 is 1.39 bits per heavy atom. The monoisotopic (exact) mass is 318 g/mol. The van der Waals surface area contributed by atoms with E-state index < -0.39 is 0 Å². The zero-order valence-electron chi connectivity index (χ0n) is 13.5. The van der Waals surface area contributed by atoms with E-state index in [4.69, 9.17) is 9.15 Å². The fourth-order valence-electron chi connectivity index (χ4n) is 2.57. The normalized spacial score (nSPS) is 20.3. The van der Waals surface area contributed by atoms with Crippen LogP contribution < -0.4 is 5.32 Å².